The van der Waals surface area contributed by atoms with Crippen LogP contribution in [0.1, 0.15) is 40.5 Å². The van der Waals surface area contributed by atoms with Gasteiger partial charge in [0.15, 0.2) is 5.69 Å². The molecule has 0 radical (unpaired) electrons. The highest BCUT2D eigenvalue weighted by molar-refractivity contribution is 9.10. The molecule has 0 bridgehead atoms. The molecule has 1 aliphatic rings. The van der Waals surface area contributed by atoms with Crippen molar-refractivity contribution in [1.29, 1.82) is 0 Å². The molecule has 0 spiro atoms. The predicted molar refractivity (Wildman–Crippen MR) is 66.1 cm³/mol. The minimum atomic E-state index is -0.439. The van der Waals surface area contributed by atoms with Crippen LogP contribution < -0.4 is 0 Å². The first-order valence-corrected chi connectivity index (χ1v) is 6.47. The molecule has 1 N–H and O–H groups in total. The Kier molecular flexibility index (Phi) is 2.95. The van der Waals surface area contributed by atoms with Gasteiger partial charge in [-0.25, -0.2) is 4.79 Å². The maximum absolute atomic E-state index is 11.9. The van der Waals surface area contributed by atoms with Crippen molar-refractivity contribution in [2.75, 3.05) is 0 Å². The molecule has 3 rings (SSSR count). The SMILES string of the molecule is O=C(OCc1ccoc1)c1n[nH]c(C2CC2)c1Br. The van der Waals surface area contributed by atoms with Gasteiger partial charge in [0.25, 0.3) is 0 Å². The van der Waals surface area contributed by atoms with E-state index in [1.165, 1.54) is 0 Å². The summed E-state index contributed by atoms with van der Waals surface area (Å²) < 4.78 is 10.8. The Hall–Kier alpha value is -1.56. The van der Waals surface area contributed by atoms with E-state index in [0.29, 0.717) is 11.6 Å². The maximum atomic E-state index is 11.9. The monoisotopic (exact) mass is 310 g/mol. The zero-order chi connectivity index (χ0) is 12.5. The largest absolute Gasteiger partial charge is 0.472 e. The van der Waals surface area contributed by atoms with Crippen LogP contribution in [0.25, 0.3) is 0 Å². The second kappa shape index (κ2) is 4.61. The number of halogens is 1. The van der Waals surface area contributed by atoms with E-state index in [1.807, 2.05) is 0 Å². The Balaban J connectivity index is 1.68. The maximum Gasteiger partial charge on any atom is 0.360 e. The van der Waals surface area contributed by atoms with Gasteiger partial charge in [-0.05, 0) is 34.8 Å². The lowest BCUT2D eigenvalue weighted by atomic mass is 10.2. The molecule has 1 fully saturated rings. The molecule has 0 aromatic carbocycles. The number of H-pyrrole nitrogens is 1. The van der Waals surface area contributed by atoms with Gasteiger partial charge in [-0.1, -0.05) is 0 Å². The molecule has 5 nitrogen and oxygen atoms in total. The highest BCUT2D eigenvalue weighted by atomic mass is 79.9. The van der Waals surface area contributed by atoms with E-state index in [2.05, 4.69) is 26.1 Å². The summed E-state index contributed by atoms with van der Waals surface area (Å²) in [6, 6.07) is 1.75. The Morgan fingerprint density at radius 2 is 2.44 bits per heavy atom. The van der Waals surface area contributed by atoms with Crippen molar-refractivity contribution in [3.05, 3.63) is 40.0 Å². The topological polar surface area (TPSA) is 68.1 Å². The van der Waals surface area contributed by atoms with Crippen molar-refractivity contribution >= 4 is 21.9 Å². The van der Waals surface area contributed by atoms with Crippen molar-refractivity contribution in [1.82, 2.24) is 10.2 Å². The number of nitrogens with one attached hydrogen (secondary N) is 1. The highest BCUT2D eigenvalue weighted by Gasteiger charge is 2.30. The number of aromatic amines is 1. The number of aromatic nitrogens is 2. The first-order valence-electron chi connectivity index (χ1n) is 5.67. The first kappa shape index (κ1) is 11.5. The van der Waals surface area contributed by atoms with Crippen LogP contribution in [0.4, 0.5) is 0 Å². The predicted octanol–water partition coefficient (Wildman–Crippen LogP) is 3.00. The lowest BCUT2D eigenvalue weighted by Crippen LogP contribution is -2.06. The summed E-state index contributed by atoms with van der Waals surface area (Å²) in [4.78, 5) is 11.9. The lowest BCUT2D eigenvalue weighted by Gasteiger charge is -2.00. The normalized spacial score (nSPS) is 14.7. The first-order chi connectivity index (χ1) is 8.75. The summed E-state index contributed by atoms with van der Waals surface area (Å²) in [5.41, 5.74) is 2.11. The molecule has 0 atom stereocenters. The fraction of sp³-hybridized carbons (Fsp3) is 0.333. The van der Waals surface area contributed by atoms with Crippen LogP contribution in [0, 0.1) is 0 Å². The van der Waals surface area contributed by atoms with Gasteiger partial charge < -0.3 is 9.15 Å². The number of ether oxygens (including phenoxy) is 1. The fourth-order valence-electron chi connectivity index (χ4n) is 1.71. The minimum absolute atomic E-state index is 0.188. The molecular weight excluding hydrogens is 300 g/mol. The van der Waals surface area contributed by atoms with Crippen molar-refractivity contribution in [2.24, 2.45) is 0 Å². The average Bonchev–Trinajstić information content (AvgIpc) is 2.93. The van der Waals surface area contributed by atoms with Crippen LogP contribution in [0.5, 0.6) is 0 Å². The van der Waals surface area contributed by atoms with E-state index in [1.54, 1.807) is 18.6 Å². The number of esters is 1. The summed E-state index contributed by atoms with van der Waals surface area (Å²) >= 11 is 3.40. The Labute approximate surface area is 112 Å². The average molecular weight is 311 g/mol. The number of hydrogen-bond donors (Lipinski definition) is 1. The Bertz CT molecular complexity index is 558. The molecule has 2 aromatic rings. The fourth-order valence-corrected chi connectivity index (χ4v) is 2.37. The van der Waals surface area contributed by atoms with Crippen LogP contribution in [0.15, 0.2) is 27.5 Å². The zero-order valence-corrected chi connectivity index (χ0v) is 11.1. The second-order valence-corrected chi connectivity index (χ2v) is 5.07. The molecule has 0 amide bonds. The molecule has 0 saturated heterocycles. The van der Waals surface area contributed by atoms with E-state index in [-0.39, 0.29) is 6.61 Å². The van der Waals surface area contributed by atoms with Gasteiger partial charge in [0.2, 0.25) is 0 Å². The number of carbonyl (C=O) groups is 1. The van der Waals surface area contributed by atoms with Crippen LogP contribution >= 0.6 is 15.9 Å². The molecule has 2 aromatic heterocycles. The van der Waals surface area contributed by atoms with E-state index < -0.39 is 5.97 Å². The van der Waals surface area contributed by atoms with Crippen molar-refractivity contribution in [3.63, 3.8) is 0 Å². The number of hydrogen-bond acceptors (Lipinski definition) is 4. The van der Waals surface area contributed by atoms with Crippen LogP contribution in [-0.4, -0.2) is 16.2 Å². The minimum Gasteiger partial charge on any atom is -0.472 e. The van der Waals surface area contributed by atoms with E-state index in [0.717, 1.165) is 28.6 Å². The Morgan fingerprint density at radius 3 is 3.11 bits per heavy atom. The molecular formula is C12H11BrN2O3. The van der Waals surface area contributed by atoms with Gasteiger partial charge in [-0.2, -0.15) is 5.10 Å². The second-order valence-electron chi connectivity index (χ2n) is 4.28. The zero-order valence-electron chi connectivity index (χ0n) is 9.48. The van der Waals surface area contributed by atoms with Gasteiger partial charge in [-0.3, -0.25) is 5.10 Å². The quantitative estimate of drug-likeness (QED) is 0.881. The number of carbonyl (C=O) groups excluding carboxylic acids is 1. The van der Waals surface area contributed by atoms with Gasteiger partial charge >= 0.3 is 5.97 Å². The van der Waals surface area contributed by atoms with Gasteiger partial charge in [0.05, 0.1) is 22.7 Å². The number of nitrogens with zero attached hydrogens (tertiary/aromatic N) is 1. The summed E-state index contributed by atoms with van der Waals surface area (Å²) in [6.45, 7) is 0.188. The summed E-state index contributed by atoms with van der Waals surface area (Å²) in [5.74, 6) is 0.0634. The standard InChI is InChI=1S/C12H11BrN2O3/c13-9-10(8-1-2-8)14-15-11(9)12(16)18-6-7-3-4-17-5-7/h3-5,8H,1-2,6H2,(H,14,15). The Morgan fingerprint density at radius 1 is 1.61 bits per heavy atom. The van der Waals surface area contributed by atoms with Crippen molar-refractivity contribution < 1.29 is 13.9 Å². The molecule has 1 saturated carbocycles. The van der Waals surface area contributed by atoms with E-state index >= 15 is 0 Å². The molecule has 6 heteroatoms. The third-order valence-corrected chi connectivity index (χ3v) is 3.66. The van der Waals surface area contributed by atoms with Crippen molar-refractivity contribution in [3.8, 4) is 0 Å². The van der Waals surface area contributed by atoms with E-state index in [4.69, 9.17) is 9.15 Å². The van der Waals surface area contributed by atoms with Crippen molar-refractivity contribution in [2.45, 2.75) is 25.4 Å². The van der Waals surface area contributed by atoms with Crippen LogP contribution in [0.2, 0.25) is 0 Å². The summed E-state index contributed by atoms with van der Waals surface area (Å²) in [5, 5.41) is 6.90. The van der Waals surface area contributed by atoms with Crippen LogP contribution in [-0.2, 0) is 11.3 Å². The number of furan rings is 1. The van der Waals surface area contributed by atoms with Gasteiger partial charge in [-0.15, -0.1) is 0 Å². The number of rotatable bonds is 4. The summed E-state index contributed by atoms with van der Waals surface area (Å²) in [6.07, 6.45) is 5.37. The third kappa shape index (κ3) is 2.20. The van der Waals surface area contributed by atoms with Crippen LogP contribution in [0.3, 0.4) is 0 Å². The molecule has 94 valence electrons. The molecule has 1 aliphatic carbocycles. The molecule has 2 heterocycles. The molecule has 18 heavy (non-hydrogen) atoms. The van der Waals surface area contributed by atoms with Gasteiger partial charge in [0, 0.05) is 11.5 Å². The summed E-state index contributed by atoms with van der Waals surface area (Å²) in [7, 11) is 0. The highest BCUT2D eigenvalue weighted by Crippen LogP contribution is 2.42. The lowest BCUT2D eigenvalue weighted by molar-refractivity contribution is 0.0464. The van der Waals surface area contributed by atoms with E-state index in [9.17, 15) is 4.79 Å². The molecule has 0 aliphatic heterocycles. The van der Waals surface area contributed by atoms with Gasteiger partial charge in [0.1, 0.15) is 6.61 Å². The third-order valence-electron chi connectivity index (χ3n) is 2.86. The smallest absolute Gasteiger partial charge is 0.360 e. The molecule has 0 unspecified atom stereocenters.